The normalized spacial score (nSPS) is 13.6. The number of carbonyl (C=O) groups excluding carboxylic acids is 1. The quantitative estimate of drug-likeness (QED) is 0.635. The summed E-state index contributed by atoms with van der Waals surface area (Å²) in [6.07, 6.45) is -4.62. The molecule has 0 spiro atoms. The molecule has 0 aliphatic rings. The van der Waals surface area contributed by atoms with Gasteiger partial charge >= 0.3 is 6.18 Å². The Hall–Kier alpha value is -2.53. The number of nitriles is 1. The largest absolute Gasteiger partial charge is 0.481 e. The van der Waals surface area contributed by atoms with Gasteiger partial charge in [0.05, 0.1) is 17.2 Å². The Balaban J connectivity index is 2.15. The summed E-state index contributed by atoms with van der Waals surface area (Å²) in [6.45, 7) is 5.67. The molecule has 0 saturated carbocycles. The van der Waals surface area contributed by atoms with Crippen LogP contribution in [-0.2, 0) is 17.4 Å². The van der Waals surface area contributed by atoms with E-state index in [1.807, 2.05) is 37.6 Å². The first-order valence-corrected chi connectivity index (χ1v) is 10.1. The molecule has 1 heterocycles. The predicted molar refractivity (Wildman–Crippen MR) is 106 cm³/mol. The zero-order chi connectivity index (χ0) is 21.6. The fourth-order valence-corrected chi connectivity index (χ4v) is 3.56. The molecule has 0 fully saturated rings. The zero-order valence-electron chi connectivity index (χ0n) is 16.4. The molecule has 156 valence electrons. The number of hydrogen-bond acceptors (Lipinski definition) is 4. The Morgan fingerprint density at radius 1 is 1.28 bits per heavy atom. The third-order valence-corrected chi connectivity index (χ3v) is 4.92. The second-order valence-corrected chi connectivity index (χ2v) is 8.08. The van der Waals surface area contributed by atoms with Gasteiger partial charge in [0.15, 0.2) is 6.10 Å². The van der Waals surface area contributed by atoms with Crippen LogP contribution in [0.15, 0.2) is 35.0 Å². The van der Waals surface area contributed by atoms with E-state index in [0.717, 1.165) is 17.7 Å². The standard InChI is InChI=1S/C21H23F3N2O2S/c1-13(2)8-19(20(27)26-14(3)9-15-6-7-29-12-15)28-17-5-4-16(11-25)18(10-17)21(22,23)24/h4-7,10,12-14,19H,8-9H2,1-3H3,(H,26,27). The third-order valence-electron chi connectivity index (χ3n) is 4.18. The summed E-state index contributed by atoms with van der Waals surface area (Å²) in [5, 5.41) is 15.7. The lowest BCUT2D eigenvalue weighted by Gasteiger charge is -2.23. The highest BCUT2D eigenvalue weighted by Gasteiger charge is 2.34. The molecular weight excluding hydrogens is 401 g/mol. The van der Waals surface area contributed by atoms with Crippen LogP contribution in [0.1, 0.15) is 43.9 Å². The number of nitrogens with zero attached hydrogens (tertiary/aromatic N) is 1. The minimum absolute atomic E-state index is 0.0948. The van der Waals surface area contributed by atoms with Gasteiger partial charge in [0.25, 0.3) is 5.91 Å². The van der Waals surface area contributed by atoms with E-state index in [4.69, 9.17) is 10.00 Å². The number of benzene rings is 1. The summed E-state index contributed by atoms with van der Waals surface area (Å²) < 4.78 is 45.2. The molecule has 1 aromatic heterocycles. The molecule has 8 heteroatoms. The average Bonchev–Trinajstić information content (AvgIpc) is 3.12. The van der Waals surface area contributed by atoms with Gasteiger partial charge in [0.2, 0.25) is 0 Å². The zero-order valence-corrected chi connectivity index (χ0v) is 17.2. The summed E-state index contributed by atoms with van der Waals surface area (Å²) in [7, 11) is 0. The predicted octanol–water partition coefficient (Wildman–Crippen LogP) is 5.18. The maximum absolute atomic E-state index is 13.2. The molecule has 0 radical (unpaired) electrons. The smallest absolute Gasteiger partial charge is 0.417 e. The molecular formula is C21H23F3N2O2S. The highest BCUT2D eigenvalue weighted by Crippen LogP contribution is 2.34. The maximum Gasteiger partial charge on any atom is 0.417 e. The van der Waals surface area contributed by atoms with E-state index >= 15 is 0 Å². The maximum atomic E-state index is 13.2. The van der Waals surface area contributed by atoms with E-state index in [-0.39, 0.29) is 23.6 Å². The summed E-state index contributed by atoms with van der Waals surface area (Å²) in [5.74, 6) is -0.375. The number of thiophene rings is 1. The minimum atomic E-state index is -4.69. The van der Waals surface area contributed by atoms with Crippen LogP contribution in [0.5, 0.6) is 5.75 Å². The molecule has 29 heavy (non-hydrogen) atoms. The van der Waals surface area contributed by atoms with Crippen molar-refractivity contribution >= 4 is 17.2 Å². The van der Waals surface area contributed by atoms with Gasteiger partial charge in [-0.2, -0.15) is 29.8 Å². The van der Waals surface area contributed by atoms with Crippen molar-refractivity contribution < 1.29 is 22.7 Å². The Kier molecular flexibility index (Phi) is 7.68. The number of rotatable bonds is 8. The molecule has 0 saturated heterocycles. The van der Waals surface area contributed by atoms with E-state index in [0.29, 0.717) is 12.8 Å². The van der Waals surface area contributed by atoms with Crippen molar-refractivity contribution in [2.45, 2.75) is 51.9 Å². The van der Waals surface area contributed by atoms with Crippen molar-refractivity contribution in [1.82, 2.24) is 5.32 Å². The van der Waals surface area contributed by atoms with Crippen molar-refractivity contribution in [1.29, 1.82) is 5.26 Å². The van der Waals surface area contributed by atoms with Crippen molar-refractivity contribution in [2.24, 2.45) is 5.92 Å². The first kappa shape index (κ1) is 22.8. The van der Waals surface area contributed by atoms with Gasteiger partial charge < -0.3 is 10.1 Å². The fourth-order valence-electron chi connectivity index (χ4n) is 2.88. The number of alkyl halides is 3. The van der Waals surface area contributed by atoms with Crippen LogP contribution < -0.4 is 10.1 Å². The fraction of sp³-hybridized carbons (Fsp3) is 0.429. The first-order chi connectivity index (χ1) is 13.6. The van der Waals surface area contributed by atoms with E-state index in [9.17, 15) is 18.0 Å². The molecule has 0 aliphatic carbocycles. The Morgan fingerprint density at radius 2 is 2.00 bits per heavy atom. The molecule has 1 aromatic carbocycles. The van der Waals surface area contributed by atoms with Crippen LogP contribution in [-0.4, -0.2) is 18.1 Å². The van der Waals surface area contributed by atoms with Gasteiger partial charge in [-0.05, 0) is 66.3 Å². The lowest BCUT2D eigenvalue weighted by molar-refractivity contribution is -0.137. The van der Waals surface area contributed by atoms with Crippen LogP contribution >= 0.6 is 11.3 Å². The van der Waals surface area contributed by atoms with Crippen LogP contribution in [0.2, 0.25) is 0 Å². The summed E-state index contributed by atoms with van der Waals surface area (Å²) in [5.41, 5.74) is -0.461. The average molecular weight is 424 g/mol. The second kappa shape index (κ2) is 9.79. The van der Waals surface area contributed by atoms with Gasteiger partial charge in [-0.25, -0.2) is 0 Å². The molecule has 2 atom stereocenters. The van der Waals surface area contributed by atoms with Gasteiger partial charge in [0, 0.05) is 6.04 Å². The lowest BCUT2D eigenvalue weighted by atomic mass is 10.0. The highest BCUT2D eigenvalue weighted by molar-refractivity contribution is 7.07. The number of carbonyl (C=O) groups is 1. The van der Waals surface area contributed by atoms with Gasteiger partial charge in [0.1, 0.15) is 5.75 Å². The van der Waals surface area contributed by atoms with Crippen molar-refractivity contribution in [2.75, 3.05) is 0 Å². The molecule has 4 nitrogen and oxygen atoms in total. The van der Waals surface area contributed by atoms with Crippen LogP contribution in [0.3, 0.4) is 0 Å². The summed E-state index contributed by atoms with van der Waals surface area (Å²) in [4.78, 5) is 12.7. The van der Waals surface area contributed by atoms with Crippen LogP contribution in [0, 0.1) is 17.2 Å². The van der Waals surface area contributed by atoms with Gasteiger partial charge in [-0.1, -0.05) is 13.8 Å². The Bertz CT molecular complexity index is 858. The van der Waals surface area contributed by atoms with E-state index < -0.39 is 23.4 Å². The Morgan fingerprint density at radius 3 is 2.55 bits per heavy atom. The third kappa shape index (κ3) is 6.79. The van der Waals surface area contributed by atoms with Crippen molar-refractivity contribution in [3.8, 4) is 11.8 Å². The second-order valence-electron chi connectivity index (χ2n) is 7.30. The molecule has 1 amide bonds. The number of nitrogens with one attached hydrogen (secondary N) is 1. The van der Waals surface area contributed by atoms with Crippen molar-refractivity contribution in [3.63, 3.8) is 0 Å². The number of hydrogen-bond donors (Lipinski definition) is 1. The van der Waals surface area contributed by atoms with Crippen molar-refractivity contribution in [3.05, 3.63) is 51.7 Å². The Labute approximate surface area is 172 Å². The monoisotopic (exact) mass is 424 g/mol. The lowest BCUT2D eigenvalue weighted by Crippen LogP contribution is -2.44. The molecule has 2 rings (SSSR count). The summed E-state index contributed by atoms with van der Waals surface area (Å²) >= 11 is 1.57. The van der Waals surface area contributed by atoms with Gasteiger partial charge in [-0.3, -0.25) is 4.79 Å². The van der Waals surface area contributed by atoms with Gasteiger partial charge in [-0.15, -0.1) is 0 Å². The highest BCUT2D eigenvalue weighted by atomic mass is 32.1. The van der Waals surface area contributed by atoms with Crippen LogP contribution in [0.4, 0.5) is 13.2 Å². The molecule has 2 aromatic rings. The van der Waals surface area contributed by atoms with E-state index in [1.165, 1.54) is 12.1 Å². The first-order valence-electron chi connectivity index (χ1n) is 9.19. The number of halogens is 3. The number of amides is 1. The number of ether oxygens (including phenoxy) is 1. The van der Waals surface area contributed by atoms with E-state index in [2.05, 4.69) is 5.32 Å². The van der Waals surface area contributed by atoms with Crippen LogP contribution in [0.25, 0.3) is 0 Å². The molecule has 2 unspecified atom stereocenters. The topological polar surface area (TPSA) is 62.1 Å². The minimum Gasteiger partial charge on any atom is -0.481 e. The molecule has 0 bridgehead atoms. The SMILES string of the molecule is CC(C)CC(Oc1ccc(C#N)c(C(F)(F)F)c1)C(=O)NC(C)Cc1ccsc1. The molecule has 1 N–H and O–H groups in total. The summed E-state index contributed by atoms with van der Waals surface area (Å²) in [6, 6.07) is 6.47. The van der Waals surface area contributed by atoms with E-state index in [1.54, 1.807) is 11.3 Å². The molecule has 0 aliphatic heterocycles.